The standard InChI is InChI=1S/C22H22O3S.C13H14S.C9H9IO3/c1-22(2)11-12-26-20-10-8-15(13-18(20)22)5-6-16-7-9-17(21(23)25-4)19(14-16)24-3;1-4-10-5-6-12-11(9-10)13(2,3)7-8-14-12;1-12-8-5-6(10)3-4-7(8)9(11)13-2/h7-10,13-14H,11-12H2,1-4H3;1,5-6,9H,7-8H2,2-3H3;3-5H,1-2H3. The molecule has 6 rings (SSSR count). The molecular weight excluding hydrogens is 816 g/mol. The van der Waals surface area contributed by atoms with E-state index in [1.165, 1.54) is 68.0 Å². The first-order valence-electron chi connectivity index (χ1n) is 17.0. The highest BCUT2D eigenvalue weighted by Gasteiger charge is 2.28. The zero-order chi connectivity index (χ0) is 38.8. The average Bonchev–Trinajstić information content (AvgIpc) is 3.16. The predicted molar refractivity (Wildman–Crippen MR) is 225 cm³/mol. The van der Waals surface area contributed by atoms with Crippen LogP contribution in [0.4, 0.5) is 0 Å². The van der Waals surface area contributed by atoms with Crippen molar-refractivity contribution in [1.29, 1.82) is 0 Å². The number of hydrogen-bond acceptors (Lipinski definition) is 8. The molecule has 0 fully saturated rings. The molecule has 0 amide bonds. The number of halogens is 1. The molecule has 0 aliphatic carbocycles. The zero-order valence-corrected chi connectivity index (χ0v) is 35.3. The summed E-state index contributed by atoms with van der Waals surface area (Å²) in [5, 5.41) is 0. The van der Waals surface area contributed by atoms with Crippen LogP contribution in [-0.2, 0) is 20.3 Å². The fourth-order valence-electron chi connectivity index (χ4n) is 5.77. The van der Waals surface area contributed by atoms with Gasteiger partial charge in [-0.15, -0.1) is 29.9 Å². The largest absolute Gasteiger partial charge is 0.496 e. The topological polar surface area (TPSA) is 71.1 Å². The molecule has 6 nitrogen and oxygen atoms in total. The molecule has 2 heterocycles. The minimum absolute atomic E-state index is 0.184. The van der Waals surface area contributed by atoms with Crippen LogP contribution in [0.5, 0.6) is 11.5 Å². The second kappa shape index (κ2) is 18.8. The number of terminal acetylenes is 1. The summed E-state index contributed by atoms with van der Waals surface area (Å²) in [5.74, 6) is 11.7. The molecule has 4 aromatic rings. The van der Waals surface area contributed by atoms with Gasteiger partial charge in [0.15, 0.2) is 0 Å². The van der Waals surface area contributed by atoms with Crippen LogP contribution in [0.1, 0.15) is 89.1 Å². The summed E-state index contributed by atoms with van der Waals surface area (Å²) < 4.78 is 20.7. The Morgan fingerprint density at radius 1 is 0.642 bits per heavy atom. The van der Waals surface area contributed by atoms with Crippen LogP contribution in [0.15, 0.2) is 82.6 Å². The second-order valence-electron chi connectivity index (χ2n) is 13.5. The number of esters is 2. The average molecular weight is 861 g/mol. The van der Waals surface area contributed by atoms with E-state index < -0.39 is 5.97 Å². The van der Waals surface area contributed by atoms with E-state index in [4.69, 9.17) is 20.6 Å². The minimum atomic E-state index is -0.421. The van der Waals surface area contributed by atoms with Crippen molar-refractivity contribution in [3.63, 3.8) is 0 Å². The van der Waals surface area contributed by atoms with Crippen molar-refractivity contribution in [1.82, 2.24) is 0 Å². The fraction of sp³-hybridized carbons (Fsp3) is 0.318. The highest BCUT2D eigenvalue weighted by atomic mass is 127. The van der Waals surface area contributed by atoms with Crippen molar-refractivity contribution in [2.75, 3.05) is 39.9 Å². The van der Waals surface area contributed by atoms with Crippen molar-refractivity contribution >= 4 is 58.1 Å². The third-order valence-corrected chi connectivity index (χ3v) is 11.9. The second-order valence-corrected chi connectivity index (χ2v) is 17.0. The van der Waals surface area contributed by atoms with Gasteiger partial charge in [-0.05, 0) is 142 Å². The fourth-order valence-corrected chi connectivity index (χ4v) is 9.21. The van der Waals surface area contributed by atoms with Gasteiger partial charge in [0.1, 0.15) is 22.6 Å². The Morgan fingerprint density at radius 3 is 1.57 bits per heavy atom. The summed E-state index contributed by atoms with van der Waals surface area (Å²) in [7, 11) is 5.76. The third kappa shape index (κ3) is 10.8. The van der Waals surface area contributed by atoms with Crippen molar-refractivity contribution in [3.8, 4) is 35.7 Å². The van der Waals surface area contributed by atoms with Crippen molar-refractivity contribution < 1.29 is 28.5 Å². The first-order chi connectivity index (χ1) is 25.3. The van der Waals surface area contributed by atoms with Crippen LogP contribution < -0.4 is 9.47 Å². The Hall–Kier alpha value is -4.03. The van der Waals surface area contributed by atoms with E-state index in [0.29, 0.717) is 22.6 Å². The predicted octanol–water partition coefficient (Wildman–Crippen LogP) is 10.2. The van der Waals surface area contributed by atoms with E-state index in [9.17, 15) is 9.59 Å². The Labute approximate surface area is 336 Å². The summed E-state index contributed by atoms with van der Waals surface area (Å²) in [6.45, 7) is 9.18. The van der Waals surface area contributed by atoms with Crippen LogP contribution in [-0.4, -0.2) is 51.9 Å². The van der Waals surface area contributed by atoms with Gasteiger partial charge in [-0.1, -0.05) is 45.5 Å². The molecule has 0 atom stereocenters. The highest BCUT2D eigenvalue weighted by Crippen LogP contribution is 2.42. The normalized spacial score (nSPS) is 14.3. The number of carbonyl (C=O) groups excluding carboxylic acids is 2. The molecule has 0 unspecified atom stereocenters. The van der Waals surface area contributed by atoms with Crippen LogP contribution >= 0.6 is 46.1 Å². The molecule has 53 heavy (non-hydrogen) atoms. The van der Waals surface area contributed by atoms with Gasteiger partial charge in [-0.3, -0.25) is 0 Å². The zero-order valence-electron chi connectivity index (χ0n) is 31.5. The third-order valence-electron chi connectivity index (χ3n) is 9.08. The van der Waals surface area contributed by atoms with E-state index >= 15 is 0 Å². The molecular formula is C44H45IO6S2. The first kappa shape index (κ1) is 41.7. The molecule has 276 valence electrons. The van der Waals surface area contributed by atoms with Crippen LogP contribution in [0.2, 0.25) is 0 Å². The summed E-state index contributed by atoms with van der Waals surface area (Å²) in [6, 6.07) is 23.4. The summed E-state index contributed by atoms with van der Waals surface area (Å²) >= 11 is 6.01. The molecule has 0 radical (unpaired) electrons. The first-order valence-corrected chi connectivity index (χ1v) is 20.0. The van der Waals surface area contributed by atoms with Gasteiger partial charge in [-0.25, -0.2) is 9.59 Å². The monoisotopic (exact) mass is 860 g/mol. The molecule has 0 aromatic heterocycles. The summed E-state index contributed by atoms with van der Waals surface area (Å²) in [6.07, 6.45) is 7.82. The van der Waals surface area contributed by atoms with E-state index in [1.54, 1.807) is 30.3 Å². The van der Waals surface area contributed by atoms with Gasteiger partial charge in [0, 0.05) is 30.1 Å². The van der Waals surface area contributed by atoms with Gasteiger partial charge < -0.3 is 18.9 Å². The molecule has 4 aromatic carbocycles. The van der Waals surface area contributed by atoms with E-state index in [1.807, 2.05) is 35.7 Å². The highest BCUT2D eigenvalue weighted by molar-refractivity contribution is 14.1. The number of carbonyl (C=O) groups is 2. The van der Waals surface area contributed by atoms with Gasteiger partial charge in [0.25, 0.3) is 0 Å². The smallest absolute Gasteiger partial charge is 0.341 e. The molecule has 9 heteroatoms. The quantitative estimate of drug-likeness (QED) is 0.114. The van der Waals surface area contributed by atoms with Gasteiger partial charge in [0.05, 0.1) is 28.4 Å². The number of hydrogen-bond donors (Lipinski definition) is 0. The number of methoxy groups -OCH3 is 4. The Morgan fingerprint density at radius 2 is 1.08 bits per heavy atom. The van der Waals surface area contributed by atoms with Crippen LogP contribution in [0.25, 0.3) is 0 Å². The van der Waals surface area contributed by atoms with Crippen molar-refractivity contribution in [3.05, 3.63) is 115 Å². The summed E-state index contributed by atoms with van der Waals surface area (Å²) in [5.41, 5.74) is 6.90. The Bertz CT molecular complexity index is 2070. The van der Waals surface area contributed by atoms with E-state index in [2.05, 4.69) is 103 Å². The maximum absolute atomic E-state index is 11.7. The van der Waals surface area contributed by atoms with Gasteiger partial charge in [0.2, 0.25) is 0 Å². The number of rotatable bonds is 4. The maximum atomic E-state index is 11.7. The summed E-state index contributed by atoms with van der Waals surface area (Å²) in [4.78, 5) is 25.7. The van der Waals surface area contributed by atoms with Gasteiger partial charge in [-0.2, -0.15) is 0 Å². The number of ether oxygens (including phenoxy) is 4. The lowest BCUT2D eigenvalue weighted by atomic mass is 9.81. The Kier molecular flexibility index (Phi) is 14.8. The van der Waals surface area contributed by atoms with E-state index in [-0.39, 0.29) is 16.8 Å². The van der Waals surface area contributed by atoms with Crippen LogP contribution in [0, 0.1) is 27.8 Å². The molecule has 0 spiro atoms. The Balaban J connectivity index is 0.000000196. The molecule has 2 aliphatic heterocycles. The lowest BCUT2D eigenvalue weighted by Gasteiger charge is -2.32. The molecule has 0 saturated heterocycles. The minimum Gasteiger partial charge on any atom is -0.496 e. The lowest BCUT2D eigenvalue weighted by molar-refractivity contribution is 0.0588. The molecule has 0 saturated carbocycles. The maximum Gasteiger partial charge on any atom is 0.341 e. The lowest BCUT2D eigenvalue weighted by Crippen LogP contribution is -2.22. The molecule has 2 aliphatic rings. The van der Waals surface area contributed by atoms with Crippen molar-refractivity contribution in [2.24, 2.45) is 0 Å². The number of thioether (sulfide) groups is 2. The molecule has 0 bridgehead atoms. The van der Waals surface area contributed by atoms with Crippen LogP contribution in [0.3, 0.4) is 0 Å². The number of fused-ring (bicyclic) bond motifs is 2. The number of benzene rings is 4. The SMILES string of the molecule is C#Cc1ccc2c(c1)C(C)(C)CCS2.COC(=O)c1ccc(C#Cc2ccc3c(c2)C(C)(C)CCS3)cc1OC.COC(=O)c1ccc(I)cc1OC. The molecule has 0 N–H and O–H groups in total. The van der Waals surface area contributed by atoms with E-state index in [0.717, 1.165) is 26.0 Å². The van der Waals surface area contributed by atoms with Gasteiger partial charge >= 0.3 is 11.9 Å². The van der Waals surface area contributed by atoms with Crippen molar-refractivity contribution in [2.45, 2.75) is 61.2 Å².